The van der Waals surface area contributed by atoms with E-state index in [2.05, 4.69) is 212 Å². The number of hydrogen-bond acceptors (Lipinski definition) is 1. The van der Waals surface area contributed by atoms with Gasteiger partial charge in [-0.3, -0.25) is 0 Å². The van der Waals surface area contributed by atoms with Crippen LogP contribution in [0.25, 0.3) is 70.9 Å². The van der Waals surface area contributed by atoms with Crippen LogP contribution in [0.2, 0.25) is 0 Å². The molecule has 0 radical (unpaired) electrons. The predicted octanol–water partition coefficient (Wildman–Crippen LogP) is 15.2. The van der Waals surface area contributed by atoms with Gasteiger partial charge in [-0.25, -0.2) is 0 Å². The van der Waals surface area contributed by atoms with Crippen LogP contribution in [0.1, 0.15) is 31.9 Å². The lowest BCUT2D eigenvalue weighted by Crippen LogP contribution is -2.26. The van der Waals surface area contributed by atoms with E-state index < -0.39 is 0 Å². The summed E-state index contributed by atoms with van der Waals surface area (Å²) in [5.41, 5.74) is 12.4. The molecule has 2 heterocycles. The van der Waals surface area contributed by atoms with Crippen molar-refractivity contribution in [1.82, 2.24) is 4.57 Å². The molecule has 0 atom stereocenters. The van der Waals surface area contributed by atoms with E-state index in [1.165, 1.54) is 82.1 Å². The third-order valence-electron chi connectivity index (χ3n) is 11.7. The first kappa shape index (κ1) is 33.7. The van der Waals surface area contributed by atoms with E-state index in [-0.39, 0.29) is 5.41 Å². The van der Waals surface area contributed by atoms with Gasteiger partial charge in [0, 0.05) is 32.6 Å². The number of para-hydroxylation sites is 2. The van der Waals surface area contributed by atoms with Gasteiger partial charge in [0.05, 0.1) is 28.1 Å². The fraction of sp³-hybridized carbons (Fsp3) is 0.0741. The summed E-state index contributed by atoms with van der Waals surface area (Å²) in [4.78, 5) is 2.45. The average Bonchev–Trinajstić information content (AvgIpc) is 3.57. The highest BCUT2D eigenvalue weighted by Crippen LogP contribution is 2.49. The fourth-order valence-electron chi connectivity index (χ4n) is 9.19. The molecule has 1 aliphatic rings. The Balaban J connectivity index is 0.00000124. The monoisotopic (exact) mass is 718 g/mol. The van der Waals surface area contributed by atoms with Gasteiger partial charge in [-0.15, -0.1) is 6.58 Å². The summed E-state index contributed by atoms with van der Waals surface area (Å²) in [5, 5.41) is 9.94. The summed E-state index contributed by atoms with van der Waals surface area (Å²) in [7, 11) is 0. The van der Waals surface area contributed by atoms with E-state index in [1.807, 2.05) is 6.92 Å². The minimum absolute atomic E-state index is 0.0870. The van der Waals surface area contributed by atoms with Gasteiger partial charge in [-0.05, 0) is 93.2 Å². The topological polar surface area (TPSA) is 8.17 Å². The molecule has 1 aromatic heterocycles. The average molecular weight is 719 g/mol. The highest BCUT2D eigenvalue weighted by molar-refractivity contribution is 6.14. The van der Waals surface area contributed by atoms with Crippen molar-refractivity contribution in [3.8, 4) is 16.8 Å². The Kier molecular flexibility index (Phi) is 7.90. The number of nitrogens with zero attached hydrogens (tertiary/aromatic N) is 2. The zero-order valence-corrected chi connectivity index (χ0v) is 32.0. The molecule has 11 rings (SSSR count). The first-order valence-electron chi connectivity index (χ1n) is 19.5. The first-order valence-corrected chi connectivity index (χ1v) is 19.5. The third-order valence-corrected chi connectivity index (χ3v) is 11.7. The van der Waals surface area contributed by atoms with Crippen molar-refractivity contribution >= 4 is 71.2 Å². The Morgan fingerprint density at radius 1 is 0.500 bits per heavy atom. The number of anilines is 3. The number of aromatic nitrogens is 1. The van der Waals surface area contributed by atoms with E-state index in [9.17, 15) is 0 Å². The van der Waals surface area contributed by atoms with Crippen LogP contribution in [-0.2, 0) is 5.41 Å². The molecule has 56 heavy (non-hydrogen) atoms. The molecule has 0 N–H and O–H groups in total. The zero-order chi connectivity index (χ0) is 38.0. The van der Waals surface area contributed by atoms with Crippen molar-refractivity contribution in [1.29, 1.82) is 0 Å². The largest absolute Gasteiger partial charge is 0.309 e. The lowest BCUT2D eigenvalue weighted by atomic mass is 9.75. The van der Waals surface area contributed by atoms with Gasteiger partial charge in [-0.2, -0.15) is 0 Å². The van der Waals surface area contributed by atoms with Crippen LogP contribution in [0.5, 0.6) is 0 Å². The maximum Gasteiger partial charge on any atom is 0.0582 e. The molecule has 10 aromatic rings. The van der Waals surface area contributed by atoms with Crippen molar-refractivity contribution in [3.63, 3.8) is 0 Å². The maximum atomic E-state index is 3.36. The van der Waals surface area contributed by atoms with Gasteiger partial charge in [-0.1, -0.05) is 159 Å². The molecular weight excluding hydrogens is 677 g/mol. The molecule has 0 spiro atoms. The summed E-state index contributed by atoms with van der Waals surface area (Å²) in [5.74, 6) is 0. The van der Waals surface area contributed by atoms with E-state index in [1.54, 1.807) is 6.08 Å². The van der Waals surface area contributed by atoms with Crippen LogP contribution in [0, 0.1) is 0 Å². The van der Waals surface area contributed by atoms with E-state index >= 15 is 0 Å². The molecule has 0 unspecified atom stereocenters. The number of rotatable bonds is 4. The minimum atomic E-state index is -0.0870. The molecular formula is C54H42N2. The van der Waals surface area contributed by atoms with Gasteiger partial charge in [0.1, 0.15) is 0 Å². The molecule has 268 valence electrons. The van der Waals surface area contributed by atoms with Crippen molar-refractivity contribution in [3.05, 3.63) is 206 Å². The van der Waals surface area contributed by atoms with E-state index in [0.717, 1.165) is 17.1 Å². The van der Waals surface area contributed by atoms with E-state index in [4.69, 9.17) is 0 Å². The number of hydrogen-bond donors (Lipinski definition) is 0. The highest BCUT2D eigenvalue weighted by atomic mass is 15.1. The van der Waals surface area contributed by atoms with Crippen LogP contribution in [-0.4, -0.2) is 4.57 Å². The van der Waals surface area contributed by atoms with Crippen molar-refractivity contribution < 1.29 is 0 Å². The van der Waals surface area contributed by atoms with Crippen LogP contribution in [0.4, 0.5) is 17.1 Å². The van der Waals surface area contributed by atoms with Gasteiger partial charge >= 0.3 is 0 Å². The Labute approximate surface area is 328 Å². The number of fused-ring (bicyclic) bond motifs is 8. The standard InChI is InChI=1S/C51H36N2.C3H6/c1-51(2)44-21-9-10-23-49(44)53-48-29-26-36(32-43(48)42-20-12-22-45(51)50(42)53)38-28-30-47(41-19-8-7-18-40(38)41)52(37-27-25-33-13-3-4-15-35(33)31-37)46-24-11-16-34-14-5-6-17-39(34)46;1-3-2/h3-32H,1-2H3;3H,1H2,2H3. The maximum absolute atomic E-state index is 3.36. The van der Waals surface area contributed by atoms with E-state index in [0.29, 0.717) is 0 Å². The third kappa shape index (κ3) is 5.10. The minimum Gasteiger partial charge on any atom is -0.309 e. The van der Waals surface area contributed by atoms with Gasteiger partial charge in [0.15, 0.2) is 0 Å². The van der Waals surface area contributed by atoms with Crippen LogP contribution < -0.4 is 4.90 Å². The second-order valence-electron chi connectivity index (χ2n) is 15.4. The molecule has 0 saturated carbocycles. The van der Waals surface area contributed by atoms with Crippen molar-refractivity contribution in [2.45, 2.75) is 26.2 Å². The summed E-state index contributed by atoms with van der Waals surface area (Å²) < 4.78 is 2.50. The Hall–Kier alpha value is -6.90. The lowest BCUT2D eigenvalue weighted by Gasteiger charge is -2.34. The molecule has 0 fully saturated rings. The lowest BCUT2D eigenvalue weighted by molar-refractivity contribution is 0.630. The summed E-state index contributed by atoms with van der Waals surface area (Å²) in [6, 6.07) is 67.2. The summed E-state index contributed by atoms with van der Waals surface area (Å²) >= 11 is 0. The first-order chi connectivity index (χ1) is 27.5. The Morgan fingerprint density at radius 2 is 1.12 bits per heavy atom. The molecule has 2 nitrogen and oxygen atoms in total. The molecule has 0 aliphatic carbocycles. The van der Waals surface area contributed by atoms with Crippen molar-refractivity contribution in [2.75, 3.05) is 4.90 Å². The van der Waals surface area contributed by atoms with Gasteiger partial charge < -0.3 is 9.47 Å². The normalized spacial score (nSPS) is 12.8. The fourth-order valence-corrected chi connectivity index (χ4v) is 9.19. The van der Waals surface area contributed by atoms with Crippen molar-refractivity contribution in [2.24, 2.45) is 0 Å². The Bertz CT molecular complexity index is 3150. The number of benzene rings is 9. The number of allylic oxidation sites excluding steroid dienone is 1. The van der Waals surface area contributed by atoms with Crippen LogP contribution in [0.3, 0.4) is 0 Å². The zero-order valence-electron chi connectivity index (χ0n) is 32.0. The van der Waals surface area contributed by atoms with Crippen LogP contribution >= 0.6 is 0 Å². The van der Waals surface area contributed by atoms with Crippen LogP contribution in [0.15, 0.2) is 195 Å². The summed E-state index contributed by atoms with van der Waals surface area (Å²) in [6.45, 7) is 9.97. The van der Waals surface area contributed by atoms with Gasteiger partial charge in [0.2, 0.25) is 0 Å². The summed E-state index contributed by atoms with van der Waals surface area (Å²) in [6.07, 6.45) is 1.75. The SMILES string of the molecule is C=CC.CC1(C)c2ccccc2-n2c3ccc(-c4ccc(N(c5ccc6ccccc6c5)c5cccc6ccccc56)c5ccccc45)cc3c3cccc1c32. The quantitative estimate of drug-likeness (QED) is 0.165. The smallest absolute Gasteiger partial charge is 0.0582 e. The molecule has 9 aromatic carbocycles. The molecule has 0 amide bonds. The second-order valence-corrected chi connectivity index (χ2v) is 15.4. The Morgan fingerprint density at radius 3 is 1.96 bits per heavy atom. The predicted molar refractivity (Wildman–Crippen MR) is 241 cm³/mol. The second kappa shape index (κ2) is 13.1. The molecule has 0 saturated heterocycles. The molecule has 0 bridgehead atoms. The molecule has 1 aliphatic heterocycles. The van der Waals surface area contributed by atoms with Gasteiger partial charge in [0.25, 0.3) is 0 Å². The highest BCUT2D eigenvalue weighted by Gasteiger charge is 2.34. The molecule has 2 heteroatoms.